The normalized spacial score (nSPS) is 16.3. The molecule has 1 aromatic rings. The van der Waals surface area contributed by atoms with E-state index in [-0.39, 0.29) is 0 Å². The van der Waals surface area contributed by atoms with Gasteiger partial charge in [-0.1, -0.05) is 24.3 Å². The van der Waals surface area contributed by atoms with Crippen molar-refractivity contribution in [1.29, 1.82) is 0 Å². The molecule has 0 saturated carbocycles. The van der Waals surface area contributed by atoms with Gasteiger partial charge >= 0.3 is 0 Å². The van der Waals surface area contributed by atoms with Gasteiger partial charge < -0.3 is 20.1 Å². The Morgan fingerprint density at radius 3 is 2.52 bits per heavy atom. The second-order valence-corrected chi connectivity index (χ2v) is 5.56. The van der Waals surface area contributed by atoms with Crippen LogP contribution in [0.25, 0.3) is 0 Å². The van der Waals surface area contributed by atoms with Crippen LogP contribution in [0.1, 0.15) is 11.1 Å². The van der Waals surface area contributed by atoms with Gasteiger partial charge in [-0.2, -0.15) is 0 Å². The van der Waals surface area contributed by atoms with E-state index in [0.717, 1.165) is 51.9 Å². The minimum Gasteiger partial charge on any atom is -0.380 e. The minimum absolute atomic E-state index is 0.651. The molecule has 6 heteroatoms. The van der Waals surface area contributed by atoms with Gasteiger partial charge in [-0.05, 0) is 11.1 Å². The van der Waals surface area contributed by atoms with Gasteiger partial charge in [0, 0.05) is 46.9 Å². The van der Waals surface area contributed by atoms with E-state index in [2.05, 4.69) is 44.8 Å². The fraction of sp³-hybridized carbons (Fsp3) is 0.588. The van der Waals surface area contributed by atoms with Gasteiger partial charge in [0.05, 0.1) is 19.8 Å². The van der Waals surface area contributed by atoms with Crippen molar-refractivity contribution in [3.05, 3.63) is 35.4 Å². The largest absolute Gasteiger partial charge is 0.380 e. The van der Waals surface area contributed by atoms with E-state index >= 15 is 0 Å². The van der Waals surface area contributed by atoms with Crippen molar-refractivity contribution < 1.29 is 9.47 Å². The van der Waals surface area contributed by atoms with Crippen LogP contribution >= 0.6 is 0 Å². The Hall–Kier alpha value is -1.63. The summed E-state index contributed by atoms with van der Waals surface area (Å²) in [5, 5.41) is 6.69. The van der Waals surface area contributed by atoms with E-state index in [4.69, 9.17) is 9.47 Å². The molecule has 6 nitrogen and oxygen atoms in total. The third kappa shape index (κ3) is 6.56. The number of hydrogen-bond donors (Lipinski definition) is 2. The van der Waals surface area contributed by atoms with Crippen molar-refractivity contribution in [1.82, 2.24) is 15.5 Å². The second-order valence-electron chi connectivity index (χ2n) is 5.56. The number of methoxy groups -OCH3 is 1. The molecule has 1 heterocycles. The summed E-state index contributed by atoms with van der Waals surface area (Å²) >= 11 is 0. The standard InChI is InChI=1S/C17H28N4O2/c1-18-17(19-7-8-21-9-11-23-12-10-21)20-13-15-3-5-16(6-4-15)14-22-2/h3-6H,7-14H2,1-2H3,(H2,18,19,20). The maximum absolute atomic E-state index is 5.35. The van der Waals surface area contributed by atoms with E-state index in [0.29, 0.717) is 6.61 Å². The second kappa shape index (κ2) is 10.2. The van der Waals surface area contributed by atoms with Crippen LogP contribution < -0.4 is 10.6 Å². The van der Waals surface area contributed by atoms with Crippen LogP contribution in [0.2, 0.25) is 0 Å². The van der Waals surface area contributed by atoms with Crippen LogP contribution in [-0.4, -0.2) is 64.4 Å². The lowest BCUT2D eigenvalue weighted by molar-refractivity contribution is 0.0389. The fourth-order valence-corrected chi connectivity index (χ4v) is 2.48. The molecule has 0 unspecified atom stereocenters. The molecule has 0 bridgehead atoms. The highest BCUT2D eigenvalue weighted by molar-refractivity contribution is 5.79. The number of morpholine rings is 1. The summed E-state index contributed by atoms with van der Waals surface area (Å²) in [6, 6.07) is 8.41. The first kappa shape index (κ1) is 17.7. The van der Waals surface area contributed by atoms with Gasteiger partial charge in [-0.15, -0.1) is 0 Å². The predicted octanol–water partition coefficient (Wildman–Crippen LogP) is 0.830. The van der Waals surface area contributed by atoms with Gasteiger partial charge in [-0.3, -0.25) is 9.89 Å². The summed E-state index contributed by atoms with van der Waals surface area (Å²) in [5.41, 5.74) is 2.41. The van der Waals surface area contributed by atoms with E-state index < -0.39 is 0 Å². The highest BCUT2D eigenvalue weighted by Crippen LogP contribution is 2.05. The summed E-state index contributed by atoms with van der Waals surface area (Å²) in [6.07, 6.45) is 0. The molecule has 2 rings (SSSR count). The van der Waals surface area contributed by atoms with Gasteiger partial charge in [0.2, 0.25) is 0 Å². The zero-order valence-electron chi connectivity index (χ0n) is 14.2. The van der Waals surface area contributed by atoms with Gasteiger partial charge in [0.15, 0.2) is 5.96 Å². The molecule has 1 aliphatic heterocycles. The zero-order chi connectivity index (χ0) is 16.3. The third-order valence-corrected chi connectivity index (χ3v) is 3.84. The number of rotatable bonds is 7. The van der Waals surface area contributed by atoms with Crippen molar-refractivity contribution in [3.63, 3.8) is 0 Å². The molecule has 1 aromatic carbocycles. The van der Waals surface area contributed by atoms with Gasteiger partial charge in [0.25, 0.3) is 0 Å². The number of benzene rings is 1. The Bertz CT molecular complexity index is 470. The maximum atomic E-state index is 5.35. The summed E-state index contributed by atoms with van der Waals surface area (Å²) < 4.78 is 10.5. The molecule has 0 aromatic heterocycles. The quantitative estimate of drug-likeness (QED) is 0.576. The average molecular weight is 320 g/mol. The summed E-state index contributed by atoms with van der Waals surface area (Å²) in [6.45, 7) is 7.01. The predicted molar refractivity (Wildman–Crippen MR) is 92.6 cm³/mol. The monoisotopic (exact) mass is 320 g/mol. The van der Waals surface area contributed by atoms with Crippen molar-refractivity contribution in [3.8, 4) is 0 Å². The molecule has 0 spiro atoms. The number of aliphatic imine (C=N–C) groups is 1. The lowest BCUT2D eigenvalue weighted by atomic mass is 10.1. The van der Waals surface area contributed by atoms with Crippen LogP contribution in [0.15, 0.2) is 29.3 Å². The van der Waals surface area contributed by atoms with Crippen LogP contribution in [-0.2, 0) is 22.6 Å². The first-order valence-electron chi connectivity index (χ1n) is 8.13. The van der Waals surface area contributed by atoms with Crippen LogP contribution in [0.3, 0.4) is 0 Å². The Labute approximate surface area is 138 Å². The zero-order valence-corrected chi connectivity index (χ0v) is 14.2. The molecule has 23 heavy (non-hydrogen) atoms. The number of nitrogens with zero attached hydrogens (tertiary/aromatic N) is 2. The molecule has 128 valence electrons. The lowest BCUT2D eigenvalue weighted by Crippen LogP contribution is -2.44. The van der Waals surface area contributed by atoms with Crippen molar-refractivity contribution >= 4 is 5.96 Å². The Kier molecular flexibility index (Phi) is 7.86. The number of nitrogens with one attached hydrogen (secondary N) is 2. The van der Waals surface area contributed by atoms with E-state index in [9.17, 15) is 0 Å². The number of hydrogen-bond acceptors (Lipinski definition) is 4. The maximum Gasteiger partial charge on any atom is 0.191 e. The molecule has 1 fully saturated rings. The van der Waals surface area contributed by atoms with E-state index in [1.807, 2.05) is 0 Å². The molecule has 0 aliphatic carbocycles. The highest BCUT2D eigenvalue weighted by atomic mass is 16.5. The molecular formula is C17H28N4O2. The smallest absolute Gasteiger partial charge is 0.191 e. The number of ether oxygens (including phenoxy) is 2. The number of guanidine groups is 1. The topological polar surface area (TPSA) is 58.1 Å². The third-order valence-electron chi connectivity index (χ3n) is 3.84. The van der Waals surface area contributed by atoms with E-state index in [1.165, 1.54) is 11.1 Å². The fourth-order valence-electron chi connectivity index (χ4n) is 2.48. The molecule has 1 aliphatic rings. The van der Waals surface area contributed by atoms with Crippen molar-refractivity contribution in [2.45, 2.75) is 13.2 Å². The SMILES string of the molecule is CN=C(NCCN1CCOCC1)NCc1ccc(COC)cc1. The van der Waals surface area contributed by atoms with Crippen LogP contribution in [0.4, 0.5) is 0 Å². The summed E-state index contributed by atoms with van der Waals surface area (Å²) in [4.78, 5) is 6.67. The van der Waals surface area contributed by atoms with Crippen molar-refractivity contribution in [2.75, 3.05) is 53.6 Å². The molecule has 1 saturated heterocycles. The lowest BCUT2D eigenvalue weighted by Gasteiger charge is -2.26. The average Bonchev–Trinajstić information content (AvgIpc) is 2.60. The summed E-state index contributed by atoms with van der Waals surface area (Å²) in [5.74, 6) is 0.833. The van der Waals surface area contributed by atoms with E-state index in [1.54, 1.807) is 14.2 Å². The Morgan fingerprint density at radius 2 is 1.87 bits per heavy atom. The van der Waals surface area contributed by atoms with Gasteiger partial charge in [-0.25, -0.2) is 0 Å². The van der Waals surface area contributed by atoms with Crippen molar-refractivity contribution in [2.24, 2.45) is 4.99 Å². The van der Waals surface area contributed by atoms with Crippen LogP contribution in [0.5, 0.6) is 0 Å². The minimum atomic E-state index is 0.651. The van der Waals surface area contributed by atoms with Gasteiger partial charge in [0.1, 0.15) is 0 Å². The molecule has 0 amide bonds. The Balaban J connectivity index is 1.67. The first-order chi connectivity index (χ1) is 11.3. The van der Waals surface area contributed by atoms with Crippen LogP contribution in [0, 0.1) is 0 Å². The Morgan fingerprint density at radius 1 is 1.17 bits per heavy atom. The summed E-state index contributed by atoms with van der Waals surface area (Å²) in [7, 11) is 3.51. The molecule has 0 radical (unpaired) electrons. The first-order valence-corrected chi connectivity index (χ1v) is 8.13. The molecule has 0 atom stereocenters. The molecule has 2 N–H and O–H groups in total. The molecular weight excluding hydrogens is 292 g/mol. The highest BCUT2D eigenvalue weighted by Gasteiger charge is 2.09.